The van der Waals surface area contributed by atoms with Gasteiger partial charge in [-0.25, -0.2) is 4.39 Å². The monoisotopic (exact) mass is 373 g/mol. The van der Waals surface area contributed by atoms with Crippen molar-refractivity contribution in [3.63, 3.8) is 0 Å². The molecule has 132 valence electrons. The Balaban J connectivity index is 1.56. The molecule has 0 bridgehead atoms. The van der Waals surface area contributed by atoms with Crippen LogP contribution in [0.15, 0.2) is 78.0 Å². The number of benzene rings is 3. The van der Waals surface area contributed by atoms with Crippen molar-refractivity contribution in [1.29, 1.82) is 0 Å². The van der Waals surface area contributed by atoms with Gasteiger partial charge in [0.05, 0.1) is 10.8 Å². The van der Waals surface area contributed by atoms with Gasteiger partial charge in [-0.05, 0) is 34.4 Å². The lowest BCUT2D eigenvalue weighted by Gasteiger charge is -2.13. The van der Waals surface area contributed by atoms with Crippen molar-refractivity contribution < 1.29 is 4.39 Å². The first-order valence-electron chi connectivity index (χ1n) is 8.73. The maximum absolute atomic E-state index is 14.2. The van der Waals surface area contributed by atoms with Crippen LogP contribution in [-0.2, 0) is 7.05 Å². The second-order valence-corrected chi connectivity index (χ2v) is 7.59. The Morgan fingerprint density at radius 3 is 1.96 bits per heavy atom. The lowest BCUT2D eigenvalue weighted by Crippen LogP contribution is -1.99. The largest absolute Gasteiger partial charge is 0.305 e. The van der Waals surface area contributed by atoms with Crippen molar-refractivity contribution in [1.82, 2.24) is 14.8 Å². The van der Waals surface area contributed by atoms with Crippen molar-refractivity contribution in [2.45, 2.75) is 10.4 Å². The van der Waals surface area contributed by atoms with Crippen molar-refractivity contribution in [2.75, 3.05) is 0 Å². The zero-order valence-electron chi connectivity index (χ0n) is 14.6. The number of hydrogen-bond donors (Lipinski definition) is 0. The molecule has 0 aliphatic heterocycles. The van der Waals surface area contributed by atoms with Gasteiger partial charge in [0, 0.05) is 7.05 Å². The maximum Gasteiger partial charge on any atom is 0.192 e. The Kier molecular flexibility index (Phi) is 3.83. The number of aromatic nitrogens is 3. The van der Waals surface area contributed by atoms with E-state index in [9.17, 15) is 4.39 Å². The minimum Gasteiger partial charge on any atom is -0.305 e. The SMILES string of the molecule is Cn1c(SC2c3ccccc3-c3ccccc32)nnc1-c1ccccc1F. The van der Waals surface area contributed by atoms with E-state index in [1.807, 2.05) is 17.7 Å². The van der Waals surface area contributed by atoms with Crippen LogP contribution in [0.25, 0.3) is 22.5 Å². The molecule has 1 aliphatic carbocycles. The van der Waals surface area contributed by atoms with Crippen molar-refractivity contribution >= 4 is 11.8 Å². The summed E-state index contributed by atoms with van der Waals surface area (Å²) in [4.78, 5) is 0. The van der Waals surface area contributed by atoms with Gasteiger partial charge in [-0.15, -0.1) is 10.2 Å². The Labute approximate surface area is 160 Å². The summed E-state index contributed by atoms with van der Waals surface area (Å²) >= 11 is 1.65. The van der Waals surface area contributed by atoms with E-state index < -0.39 is 0 Å². The van der Waals surface area contributed by atoms with Crippen molar-refractivity contribution in [3.05, 3.63) is 89.7 Å². The fourth-order valence-electron chi connectivity index (χ4n) is 3.64. The normalized spacial score (nSPS) is 12.8. The van der Waals surface area contributed by atoms with Gasteiger partial charge in [0.15, 0.2) is 11.0 Å². The summed E-state index contributed by atoms with van der Waals surface area (Å²) in [6.45, 7) is 0. The first kappa shape index (κ1) is 16.3. The van der Waals surface area contributed by atoms with Crippen molar-refractivity contribution in [3.8, 4) is 22.5 Å². The highest BCUT2D eigenvalue weighted by Gasteiger charge is 2.30. The maximum atomic E-state index is 14.2. The van der Waals surface area contributed by atoms with Crippen LogP contribution in [0.2, 0.25) is 0 Å². The Morgan fingerprint density at radius 1 is 0.778 bits per heavy atom. The number of halogens is 1. The molecule has 5 rings (SSSR count). The molecule has 1 aliphatic rings. The van der Waals surface area contributed by atoms with E-state index in [4.69, 9.17) is 0 Å². The van der Waals surface area contributed by atoms with Crippen LogP contribution in [0.5, 0.6) is 0 Å². The molecule has 4 aromatic rings. The number of hydrogen-bond acceptors (Lipinski definition) is 3. The van der Waals surface area contributed by atoms with E-state index in [-0.39, 0.29) is 11.1 Å². The Morgan fingerprint density at radius 2 is 1.33 bits per heavy atom. The molecule has 27 heavy (non-hydrogen) atoms. The van der Waals surface area contributed by atoms with Gasteiger partial charge in [0.2, 0.25) is 0 Å². The molecule has 0 radical (unpaired) electrons. The highest BCUT2D eigenvalue weighted by molar-refractivity contribution is 7.99. The molecule has 0 fully saturated rings. The number of fused-ring (bicyclic) bond motifs is 3. The molecule has 0 spiro atoms. The predicted molar refractivity (Wildman–Crippen MR) is 106 cm³/mol. The van der Waals surface area contributed by atoms with Gasteiger partial charge in [0.25, 0.3) is 0 Å². The molecule has 0 amide bonds. The molecule has 3 aromatic carbocycles. The molecule has 0 atom stereocenters. The standard InChI is InChI=1S/C22H16FN3S/c1-26-21(18-12-6-7-13-19(18)23)24-25-22(26)27-20-16-10-4-2-8-14(16)15-9-3-5-11-17(15)20/h2-13,20H,1H3. The second kappa shape index (κ2) is 6.35. The van der Waals surface area contributed by atoms with Crippen LogP contribution >= 0.6 is 11.8 Å². The average molecular weight is 373 g/mol. The topological polar surface area (TPSA) is 30.7 Å². The summed E-state index contributed by atoms with van der Waals surface area (Å²) in [5.41, 5.74) is 5.55. The zero-order valence-corrected chi connectivity index (χ0v) is 15.4. The lowest BCUT2D eigenvalue weighted by atomic mass is 10.1. The van der Waals surface area contributed by atoms with Gasteiger partial charge in [-0.2, -0.15) is 0 Å². The molecule has 0 N–H and O–H groups in total. The fraction of sp³-hybridized carbons (Fsp3) is 0.0909. The fourth-order valence-corrected chi connectivity index (χ4v) is 4.84. The van der Waals surface area contributed by atoms with Crippen LogP contribution in [0.4, 0.5) is 4.39 Å². The van der Waals surface area contributed by atoms with Crippen LogP contribution in [0.1, 0.15) is 16.4 Å². The van der Waals surface area contributed by atoms with E-state index >= 15 is 0 Å². The van der Waals surface area contributed by atoms with Crippen LogP contribution in [-0.4, -0.2) is 14.8 Å². The summed E-state index contributed by atoms with van der Waals surface area (Å²) < 4.78 is 16.0. The highest BCUT2D eigenvalue weighted by atomic mass is 32.2. The van der Waals surface area contributed by atoms with E-state index in [0.717, 1.165) is 5.16 Å². The first-order valence-corrected chi connectivity index (χ1v) is 9.61. The summed E-state index contributed by atoms with van der Waals surface area (Å²) in [6.07, 6.45) is 0. The zero-order chi connectivity index (χ0) is 18.4. The molecule has 0 saturated carbocycles. The molecular weight excluding hydrogens is 357 g/mol. The minimum atomic E-state index is -0.291. The van der Waals surface area contributed by atoms with Gasteiger partial charge in [-0.1, -0.05) is 72.4 Å². The molecule has 0 unspecified atom stereocenters. The summed E-state index contributed by atoms with van der Waals surface area (Å²) in [5, 5.41) is 9.52. The second-order valence-electron chi connectivity index (χ2n) is 6.52. The molecule has 1 heterocycles. The van der Waals surface area contributed by atoms with Gasteiger partial charge in [-0.3, -0.25) is 0 Å². The summed E-state index contributed by atoms with van der Waals surface area (Å²) in [7, 11) is 1.89. The average Bonchev–Trinajstić information content (AvgIpc) is 3.22. The molecule has 5 heteroatoms. The first-order chi connectivity index (χ1) is 13.2. The third-order valence-electron chi connectivity index (χ3n) is 4.95. The minimum absolute atomic E-state index is 0.147. The smallest absolute Gasteiger partial charge is 0.192 e. The lowest BCUT2D eigenvalue weighted by molar-refractivity contribution is 0.628. The molecule has 0 saturated heterocycles. The van der Waals surface area contributed by atoms with Crippen LogP contribution < -0.4 is 0 Å². The number of thioether (sulfide) groups is 1. The molecular formula is C22H16FN3S. The van der Waals surface area contributed by atoms with E-state index in [0.29, 0.717) is 11.4 Å². The number of nitrogens with zero attached hydrogens (tertiary/aromatic N) is 3. The Hall–Kier alpha value is -2.92. The molecule has 3 nitrogen and oxygen atoms in total. The van der Waals surface area contributed by atoms with E-state index in [2.05, 4.69) is 58.7 Å². The van der Waals surface area contributed by atoms with E-state index in [1.165, 1.54) is 28.3 Å². The number of rotatable bonds is 3. The van der Waals surface area contributed by atoms with E-state index in [1.54, 1.807) is 23.9 Å². The van der Waals surface area contributed by atoms with Crippen LogP contribution in [0.3, 0.4) is 0 Å². The van der Waals surface area contributed by atoms with Crippen molar-refractivity contribution in [2.24, 2.45) is 7.05 Å². The summed E-state index contributed by atoms with van der Waals surface area (Å²) in [5.74, 6) is 0.247. The third kappa shape index (κ3) is 2.58. The Bertz CT molecular complexity index is 1110. The van der Waals surface area contributed by atoms with Gasteiger partial charge in [0.1, 0.15) is 5.82 Å². The third-order valence-corrected chi connectivity index (χ3v) is 6.26. The highest BCUT2D eigenvalue weighted by Crippen LogP contribution is 2.51. The van der Waals surface area contributed by atoms with Gasteiger partial charge < -0.3 is 4.57 Å². The van der Waals surface area contributed by atoms with Gasteiger partial charge >= 0.3 is 0 Å². The van der Waals surface area contributed by atoms with Crippen LogP contribution in [0, 0.1) is 5.82 Å². The summed E-state index contributed by atoms with van der Waals surface area (Å²) in [6, 6.07) is 23.6. The predicted octanol–water partition coefficient (Wildman–Crippen LogP) is 5.48. The molecule has 1 aromatic heterocycles. The quantitative estimate of drug-likeness (QED) is 0.476.